The molecule has 0 spiro atoms. The fourth-order valence-electron chi connectivity index (χ4n) is 12.1. The number of aromatic nitrogens is 5. The number of fused-ring (bicyclic) bond motifs is 6. The maximum absolute atomic E-state index is 15.4. The lowest BCUT2D eigenvalue weighted by atomic mass is 9.99. The maximum Gasteiger partial charge on any atom is 0.416 e. The van der Waals surface area contributed by atoms with Crippen LogP contribution >= 0.6 is 0 Å². The van der Waals surface area contributed by atoms with Crippen LogP contribution in [0.3, 0.4) is 0 Å². The van der Waals surface area contributed by atoms with E-state index in [0.717, 1.165) is 100.0 Å². The lowest BCUT2D eigenvalue weighted by molar-refractivity contribution is -0.137. The van der Waals surface area contributed by atoms with Crippen LogP contribution < -0.4 is 0 Å². The van der Waals surface area contributed by atoms with Crippen LogP contribution in [0, 0.1) is 6.57 Å². The summed E-state index contributed by atoms with van der Waals surface area (Å²) in [4.78, 5) is 19.9. The Morgan fingerprint density at radius 1 is 0.291 bits per heavy atom. The average Bonchev–Trinajstić information content (AvgIpc) is 1.84. The molecular weight excluding hydrogens is 1070 g/mol. The van der Waals surface area contributed by atoms with Gasteiger partial charge >= 0.3 is 6.18 Å². The first-order chi connectivity index (χ1) is 42.2. The van der Waals surface area contributed by atoms with Crippen molar-refractivity contribution in [3.63, 3.8) is 0 Å². The van der Waals surface area contributed by atoms with Gasteiger partial charge in [0, 0.05) is 38.2 Å². The Bertz CT molecular complexity index is 4950. The summed E-state index contributed by atoms with van der Waals surface area (Å²) in [6, 6.07) is 93.2. The van der Waals surface area contributed by atoms with Crippen molar-refractivity contribution in [1.29, 1.82) is 0 Å². The van der Waals surface area contributed by atoms with Gasteiger partial charge < -0.3 is 9.13 Å². The minimum Gasteiger partial charge on any atom is -0.308 e. The molecule has 0 amide bonds. The molecule has 86 heavy (non-hydrogen) atoms. The predicted molar refractivity (Wildman–Crippen MR) is 343 cm³/mol. The number of alkyl halides is 3. The van der Waals surface area contributed by atoms with Crippen molar-refractivity contribution >= 4 is 49.3 Å². The van der Waals surface area contributed by atoms with Crippen molar-refractivity contribution in [2.45, 2.75) is 6.18 Å². The highest BCUT2D eigenvalue weighted by molar-refractivity contribution is 6.13. The summed E-state index contributed by atoms with van der Waals surface area (Å²) in [7, 11) is 0. The predicted octanol–water partition coefficient (Wildman–Crippen LogP) is 21.0. The Labute approximate surface area is 493 Å². The third-order valence-corrected chi connectivity index (χ3v) is 16.2. The summed E-state index contributed by atoms with van der Waals surface area (Å²) < 4.78 is 50.3. The Balaban J connectivity index is 1.01. The van der Waals surface area contributed by atoms with Crippen LogP contribution in [0.4, 0.5) is 18.9 Å². The van der Waals surface area contributed by atoms with Crippen LogP contribution in [-0.2, 0) is 6.18 Å². The quantitative estimate of drug-likeness (QED) is 0.128. The lowest BCUT2D eigenvalue weighted by Gasteiger charge is -2.19. The van der Waals surface area contributed by atoms with Gasteiger partial charge in [0.1, 0.15) is 0 Å². The molecule has 3 aromatic heterocycles. The van der Waals surface area contributed by atoms with Gasteiger partial charge in [-0.3, -0.25) is 0 Å². The van der Waals surface area contributed by atoms with Crippen LogP contribution in [0.1, 0.15) is 5.56 Å². The fourth-order valence-corrected chi connectivity index (χ4v) is 12.1. The molecule has 0 saturated carbocycles. The first-order valence-electron chi connectivity index (χ1n) is 28.3. The van der Waals surface area contributed by atoms with Crippen molar-refractivity contribution in [1.82, 2.24) is 24.1 Å². The molecule has 0 aliphatic rings. The second-order valence-corrected chi connectivity index (χ2v) is 21.3. The zero-order valence-corrected chi connectivity index (χ0v) is 46.0. The third kappa shape index (κ3) is 9.14. The van der Waals surface area contributed by atoms with Crippen molar-refractivity contribution in [2.24, 2.45) is 0 Å². The van der Waals surface area contributed by atoms with Crippen LogP contribution in [0.5, 0.6) is 0 Å². The van der Waals surface area contributed by atoms with E-state index in [2.05, 4.69) is 113 Å². The van der Waals surface area contributed by atoms with Gasteiger partial charge in [-0.2, -0.15) is 13.2 Å². The summed E-state index contributed by atoms with van der Waals surface area (Å²) in [6.45, 7) is 8.24. The van der Waals surface area contributed by atoms with E-state index in [1.165, 1.54) is 12.1 Å². The molecular formula is C77H47F3N6. The normalized spacial score (nSPS) is 11.7. The number of halogens is 3. The van der Waals surface area contributed by atoms with E-state index in [0.29, 0.717) is 45.1 Å². The first-order valence-corrected chi connectivity index (χ1v) is 28.3. The average molecular weight is 1110 g/mol. The van der Waals surface area contributed by atoms with Crippen molar-refractivity contribution in [3.05, 3.63) is 302 Å². The van der Waals surface area contributed by atoms with E-state index in [9.17, 15) is 0 Å². The highest BCUT2D eigenvalue weighted by Gasteiger charge is 2.33. The Morgan fingerprint density at radius 3 is 1.02 bits per heavy atom. The molecule has 15 aromatic rings. The van der Waals surface area contributed by atoms with E-state index in [4.69, 9.17) is 21.5 Å². The monoisotopic (exact) mass is 1110 g/mol. The first kappa shape index (κ1) is 51.4. The number of hydrogen-bond acceptors (Lipinski definition) is 3. The maximum atomic E-state index is 15.4. The van der Waals surface area contributed by atoms with Gasteiger partial charge in [-0.1, -0.05) is 206 Å². The summed E-state index contributed by atoms with van der Waals surface area (Å²) in [5.74, 6) is 0.790. The van der Waals surface area contributed by atoms with Crippen molar-refractivity contribution < 1.29 is 13.2 Å². The molecule has 0 aliphatic carbocycles. The van der Waals surface area contributed by atoms with Gasteiger partial charge in [0.2, 0.25) is 0 Å². The highest BCUT2D eigenvalue weighted by Crippen LogP contribution is 2.45. The Hall–Kier alpha value is -11.5. The van der Waals surface area contributed by atoms with Gasteiger partial charge in [-0.25, -0.2) is 19.8 Å². The number of rotatable bonds is 10. The van der Waals surface area contributed by atoms with Gasteiger partial charge in [-0.05, 0) is 134 Å². The molecule has 6 nitrogen and oxygen atoms in total. The smallest absolute Gasteiger partial charge is 0.308 e. The highest BCUT2D eigenvalue weighted by atomic mass is 19.4. The van der Waals surface area contributed by atoms with Crippen LogP contribution in [0.15, 0.2) is 285 Å². The second kappa shape index (κ2) is 21.1. The standard InChI is InChI=1S/C77H47F3N6/c1-81-67-30-18-17-29-60(67)58-31-37-61(72(47-58)85-68-39-32-54(49-19-7-2-8-20-49)43-63(68)64-44-55(33-40-69(64)85)50-21-9-3-10-22-50)75-82-74(53-27-15-6-16-28-53)83-76(84-75)62-38-36-59(77(78,79)80)48-73(62)86-70-41-34-56(51-23-11-4-12-24-51)45-65(70)66-46-57(35-42-71(66)86)52-25-13-5-14-26-52/h2-48H. The molecule has 0 N–H and O–H groups in total. The molecule has 0 bridgehead atoms. The Kier molecular flexibility index (Phi) is 12.6. The molecule has 0 radical (unpaired) electrons. The zero-order valence-electron chi connectivity index (χ0n) is 46.0. The van der Waals surface area contributed by atoms with Gasteiger partial charge in [-0.15, -0.1) is 0 Å². The van der Waals surface area contributed by atoms with Crippen LogP contribution in [-0.4, -0.2) is 24.1 Å². The summed E-state index contributed by atoms with van der Waals surface area (Å²) in [5.41, 5.74) is 15.3. The SMILES string of the molecule is [C-]#[N+]c1ccccc1-c1ccc(-c2nc(-c3ccccc3)nc(-c3ccc(C(F)(F)F)cc3-n3c4ccc(-c5ccccc5)cc4c4cc(-c5ccccc5)ccc43)n2)c(-n2c3ccc(-c4ccccc4)cc3c3cc(-c4ccccc4)ccc32)c1. The Morgan fingerprint density at radius 2 is 0.628 bits per heavy atom. The molecule has 9 heteroatoms. The van der Waals surface area contributed by atoms with E-state index in [1.54, 1.807) is 0 Å². The van der Waals surface area contributed by atoms with E-state index >= 15 is 13.2 Å². The molecule has 0 unspecified atom stereocenters. The molecule has 0 aliphatic heterocycles. The van der Waals surface area contributed by atoms with Crippen molar-refractivity contribution in [3.8, 4) is 101 Å². The van der Waals surface area contributed by atoms with Gasteiger partial charge in [0.05, 0.1) is 45.6 Å². The molecule has 0 atom stereocenters. The molecule has 12 aromatic carbocycles. The number of benzene rings is 12. The second-order valence-electron chi connectivity index (χ2n) is 21.3. The minimum atomic E-state index is -4.69. The van der Waals surface area contributed by atoms with Crippen molar-refractivity contribution in [2.75, 3.05) is 0 Å². The van der Waals surface area contributed by atoms with Gasteiger partial charge in [0.15, 0.2) is 23.2 Å². The van der Waals surface area contributed by atoms with E-state index in [1.807, 2.05) is 168 Å². The molecule has 15 rings (SSSR count). The van der Waals surface area contributed by atoms with Crippen LogP contribution in [0.25, 0.3) is 150 Å². The van der Waals surface area contributed by atoms with Crippen LogP contribution in [0.2, 0.25) is 0 Å². The summed E-state index contributed by atoms with van der Waals surface area (Å²) >= 11 is 0. The third-order valence-electron chi connectivity index (χ3n) is 16.2. The molecule has 0 saturated heterocycles. The zero-order chi connectivity index (χ0) is 57.9. The van der Waals surface area contributed by atoms with Gasteiger partial charge in [0.25, 0.3) is 0 Å². The number of para-hydroxylation sites is 1. The summed E-state index contributed by atoms with van der Waals surface area (Å²) in [6.07, 6.45) is -4.69. The number of nitrogens with zero attached hydrogens (tertiary/aromatic N) is 6. The summed E-state index contributed by atoms with van der Waals surface area (Å²) in [5, 5.41) is 3.77. The topological polar surface area (TPSA) is 52.9 Å². The molecule has 0 fully saturated rings. The lowest BCUT2D eigenvalue weighted by Crippen LogP contribution is -2.09. The fraction of sp³-hybridized carbons (Fsp3) is 0.0130. The molecule has 3 heterocycles. The van der Waals surface area contributed by atoms with E-state index < -0.39 is 11.7 Å². The number of hydrogen-bond donors (Lipinski definition) is 0. The molecule has 406 valence electrons. The largest absolute Gasteiger partial charge is 0.416 e. The minimum absolute atomic E-state index is 0.171. The van der Waals surface area contributed by atoms with E-state index in [-0.39, 0.29) is 11.5 Å².